The topological polar surface area (TPSA) is 24.8 Å². The number of nitrogens with zero attached hydrogens (tertiary/aromatic N) is 2. The minimum Gasteiger partial charge on any atom is -0.497 e. The SMILES string of the molecule is COc1ccc(C2=Nc3cc(N4CCC(C)CC4)ccc3C2)cc1. The van der Waals surface area contributed by atoms with Crippen molar-refractivity contribution in [2.24, 2.45) is 10.9 Å². The van der Waals surface area contributed by atoms with Crippen LogP contribution in [0.5, 0.6) is 5.75 Å². The highest BCUT2D eigenvalue weighted by atomic mass is 16.5. The number of piperidine rings is 1. The molecule has 0 spiro atoms. The molecule has 0 bridgehead atoms. The van der Waals surface area contributed by atoms with Crippen molar-refractivity contribution in [1.82, 2.24) is 0 Å². The van der Waals surface area contributed by atoms with Crippen molar-refractivity contribution in [2.45, 2.75) is 26.2 Å². The molecule has 2 heterocycles. The smallest absolute Gasteiger partial charge is 0.118 e. The highest BCUT2D eigenvalue weighted by molar-refractivity contribution is 6.06. The van der Waals surface area contributed by atoms with E-state index in [4.69, 9.17) is 9.73 Å². The van der Waals surface area contributed by atoms with Gasteiger partial charge in [-0.2, -0.15) is 0 Å². The lowest BCUT2D eigenvalue weighted by molar-refractivity contribution is 0.415. The second-order valence-electron chi connectivity index (χ2n) is 6.95. The minimum absolute atomic E-state index is 0.857. The fourth-order valence-corrected chi connectivity index (χ4v) is 3.58. The lowest BCUT2D eigenvalue weighted by Gasteiger charge is -2.32. The third-order valence-electron chi connectivity index (χ3n) is 5.25. The fraction of sp³-hybridized carbons (Fsp3) is 0.381. The number of fused-ring (bicyclic) bond motifs is 1. The second kappa shape index (κ2) is 6.31. The molecule has 0 N–H and O–H groups in total. The second-order valence-corrected chi connectivity index (χ2v) is 6.95. The van der Waals surface area contributed by atoms with Gasteiger partial charge < -0.3 is 9.64 Å². The number of aliphatic imine (C=N–C) groups is 1. The molecule has 3 nitrogen and oxygen atoms in total. The number of ether oxygens (including phenoxy) is 1. The third-order valence-corrected chi connectivity index (χ3v) is 5.25. The Hall–Kier alpha value is -2.29. The molecule has 0 aromatic heterocycles. The first-order chi connectivity index (χ1) is 11.7. The molecule has 1 fully saturated rings. The first-order valence-corrected chi connectivity index (χ1v) is 8.83. The standard InChI is InChI=1S/C21H24N2O/c1-15-9-11-23(12-10-15)18-6-3-17-13-20(22-21(17)14-18)16-4-7-19(24-2)8-5-16/h3-8,14-15H,9-13H2,1-2H3. The van der Waals surface area contributed by atoms with Crippen LogP contribution in [-0.4, -0.2) is 25.9 Å². The lowest BCUT2D eigenvalue weighted by Crippen LogP contribution is -2.32. The Morgan fingerprint density at radius 3 is 2.50 bits per heavy atom. The molecule has 124 valence electrons. The maximum atomic E-state index is 5.24. The van der Waals surface area contributed by atoms with Crippen LogP contribution < -0.4 is 9.64 Å². The molecule has 0 atom stereocenters. The zero-order valence-electron chi connectivity index (χ0n) is 14.5. The molecule has 2 aromatic carbocycles. The summed E-state index contributed by atoms with van der Waals surface area (Å²) in [6.07, 6.45) is 3.49. The zero-order valence-corrected chi connectivity index (χ0v) is 14.5. The van der Waals surface area contributed by atoms with E-state index in [1.807, 2.05) is 12.1 Å². The number of hydrogen-bond donors (Lipinski definition) is 0. The molecule has 4 rings (SSSR count). The van der Waals surface area contributed by atoms with Crippen molar-refractivity contribution < 1.29 is 4.74 Å². The van der Waals surface area contributed by atoms with Crippen molar-refractivity contribution in [3.05, 3.63) is 53.6 Å². The Morgan fingerprint density at radius 1 is 1.04 bits per heavy atom. The average molecular weight is 320 g/mol. The lowest BCUT2D eigenvalue weighted by atomic mass is 9.98. The van der Waals surface area contributed by atoms with Crippen LogP contribution in [0.2, 0.25) is 0 Å². The maximum Gasteiger partial charge on any atom is 0.118 e. The summed E-state index contributed by atoms with van der Waals surface area (Å²) in [5.41, 5.74) is 6.12. The summed E-state index contributed by atoms with van der Waals surface area (Å²) in [5.74, 6) is 1.74. The van der Waals surface area contributed by atoms with Crippen molar-refractivity contribution in [2.75, 3.05) is 25.1 Å². The van der Waals surface area contributed by atoms with Crippen molar-refractivity contribution in [1.29, 1.82) is 0 Å². The molecule has 0 radical (unpaired) electrons. The van der Waals surface area contributed by atoms with Crippen molar-refractivity contribution in [3.63, 3.8) is 0 Å². The molecular weight excluding hydrogens is 296 g/mol. The Labute approximate surface area is 144 Å². The van der Waals surface area contributed by atoms with Gasteiger partial charge in [0.1, 0.15) is 5.75 Å². The van der Waals surface area contributed by atoms with Gasteiger partial charge in [0, 0.05) is 25.2 Å². The number of anilines is 1. The Morgan fingerprint density at radius 2 is 1.79 bits per heavy atom. The zero-order chi connectivity index (χ0) is 16.5. The van der Waals surface area contributed by atoms with E-state index in [1.54, 1.807) is 7.11 Å². The first-order valence-electron chi connectivity index (χ1n) is 8.83. The molecule has 0 saturated carbocycles. The van der Waals surface area contributed by atoms with Gasteiger partial charge in [0.25, 0.3) is 0 Å². The van der Waals surface area contributed by atoms with Gasteiger partial charge in [0.2, 0.25) is 0 Å². The van der Waals surface area contributed by atoms with Crippen LogP contribution in [0.3, 0.4) is 0 Å². The monoisotopic (exact) mass is 320 g/mol. The van der Waals surface area contributed by atoms with E-state index in [2.05, 4.69) is 42.2 Å². The fourth-order valence-electron chi connectivity index (χ4n) is 3.58. The summed E-state index contributed by atoms with van der Waals surface area (Å²) in [6.45, 7) is 4.68. The van der Waals surface area contributed by atoms with E-state index in [1.165, 1.54) is 29.7 Å². The predicted molar refractivity (Wildman–Crippen MR) is 99.9 cm³/mol. The highest BCUT2D eigenvalue weighted by Gasteiger charge is 2.20. The number of hydrogen-bond acceptors (Lipinski definition) is 3. The van der Waals surface area contributed by atoms with Gasteiger partial charge in [-0.1, -0.05) is 13.0 Å². The maximum absolute atomic E-state index is 5.24. The first kappa shape index (κ1) is 15.3. The van der Waals surface area contributed by atoms with Crippen LogP contribution in [0.1, 0.15) is 30.9 Å². The minimum atomic E-state index is 0.857. The Bertz CT molecular complexity index is 756. The van der Waals surface area contributed by atoms with Crippen LogP contribution in [0, 0.1) is 5.92 Å². The summed E-state index contributed by atoms with van der Waals surface area (Å²) in [5, 5.41) is 0. The van der Waals surface area contributed by atoms with Gasteiger partial charge in [-0.3, -0.25) is 4.99 Å². The summed E-state index contributed by atoms with van der Waals surface area (Å²) in [4.78, 5) is 7.40. The number of rotatable bonds is 3. The molecule has 0 unspecified atom stereocenters. The van der Waals surface area contributed by atoms with E-state index in [9.17, 15) is 0 Å². The van der Waals surface area contributed by atoms with Crippen LogP contribution in [0.15, 0.2) is 47.5 Å². The molecule has 3 heteroatoms. The van der Waals surface area contributed by atoms with Crippen LogP contribution in [0.4, 0.5) is 11.4 Å². The predicted octanol–water partition coefficient (Wildman–Crippen LogP) is 4.61. The largest absolute Gasteiger partial charge is 0.497 e. The molecule has 1 saturated heterocycles. The normalized spacial score (nSPS) is 17.6. The molecule has 2 aromatic rings. The van der Waals surface area contributed by atoms with E-state index in [-0.39, 0.29) is 0 Å². The van der Waals surface area contributed by atoms with E-state index in [0.717, 1.165) is 42.6 Å². The molecule has 0 amide bonds. The Kier molecular flexibility index (Phi) is 4.01. The Balaban J connectivity index is 1.56. The summed E-state index contributed by atoms with van der Waals surface area (Å²) in [6, 6.07) is 15.0. The van der Waals surface area contributed by atoms with Gasteiger partial charge in [0.15, 0.2) is 0 Å². The molecule has 2 aliphatic rings. The molecule has 24 heavy (non-hydrogen) atoms. The third kappa shape index (κ3) is 2.91. The van der Waals surface area contributed by atoms with Gasteiger partial charge >= 0.3 is 0 Å². The van der Waals surface area contributed by atoms with E-state index < -0.39 is 0 Å². The van der Waals surface area contributed by atoms with Crippen LogP contribution in [-0.2, 0) is 6.42 Å². The quantitative estimate of drug-likeness (QED) is 0.825. The van der Waals surface area contributed by atoms with E-state index >= 15 is 0 Å². The van der Waals surface area contributed by atoms with Gasteiger partial charge in [0.05, 0.1) is 18.5 Å². The summed E-state index contributed by atoms with van der Waals surface area (Å²) in [7, 11) is 1.70. The van der Waals surface area contributed by atoms with Gasteiger partial charge in [-0.05, 0) is 66.3 Å². The van der Waals surface area contributed by atoms with Crippen LogP contribution in [0.25, 0.3) is 0 Å². The molecule has 0 aliphatic carbocycles. The van der Waals surface area contributed by atoms with Gasteiger partial charge in [-0.25, -0.2) is 0 Å². The van der Waals surface area contributed by atoms with E-state index in [0.29, 0.717) is 0 Å². The summed E-state index contributed by atoms with van der Waals surface area (Å²) < 4.78 is 5.24. The number of benzene rings is 2. The summed E-state index contributed by atoms with van der Waals surface area (Å²) >= 11 is 0. The molecule has 2 aliphatic heterocycles. The van der Waals surface area contributed by atoms with Gasteiger partial charge in [-0.15, -0.1) is 0 Å². The number of methoxy groups -OCH3 is 1. The van der Waals surface area contributed by atoms with Crippen molar-refractivity contribution in [3.8, 4) is 5.75 Å². The van der Waals surface area contributed by atoms with Crippen molar-refractivity contribution >= 4 is 17.1 Å². The molecular formula is C21H24N2O. The van der Waals surface area contributed by atoms with Crippen LogP contribution >= 0.6 is 0 Å². The average Bonchev–Trinajstić information content (AvgIpc) is 3.05. The highest BCUT2D eigenvalue weighted by Crippen LogP contribution is 2.34.